The van der Waals surface area contributed by atoms with E-state index in [2.05, 4.69) is 50.4 Å². The van der Waals surface area contributed by atoms with Crippen LogP contribution >= 0.6 is 24.0 Å². The van der Waals surface area contributed by atoms with Crippen LogP contribution in [0.5, 0.6) is 0 Å². The molecule has 4 rings (SSSR count). The van der Waals surface area contributed by atoms with E-state index >= 15 is 0 Å². The lowest BCUT2D eigenvalue weighted by Crippen LogP contribution is -2.53. The zero-order chi connectivity index (χ0) is 19.7. The highest BCUT2D eigenvalue weighted by Gasteiger charge is 2.20. The number of nitrogens with one attached hydrogen (secondary N) is 1. The molecule has 3 aromatic rings. The van der Waals surface area contributed by atoms with Crippen molar-refractivity contribution in [2.45, 2.75) is 13.0 Å². The summed E-state index contributed by atoms with van der Waals surface area (Å²) in [6.07, 6.45) is 4.41. The van der Waals surface area contributed by atoms with Gasteiger partial charge in [0, 0.05) is 45.3 Å². The third-order valence-corrected chi connectivity index (χ3v) is 5.04. The minimum atomic E-state index is 0. The molecule has 1 saturated heterocycles. The Morgan fingerprint density at radius 1 is 0.967 bits per heavy atom. The Hall–Kier alpha value is -2.55. The SMILES string of the molecule is I.c1ccc(CN=C(NCCc2ccco2)N2CCN(c3ccccn3)CC2)cc1. The number of pyridine rings is 1. The number of anilines is 1. The van der Waals surface area contributed by atoms with E-state index in [-0.39, 0.29) is 24.0 Å². The molecule has 1 aliphatic heterocycles. The van der Waals surface area contributed by atoms with E-state index in [0.29, 0.717) is 6.54 Å². The Balaban J connectivity index is 0.00000256. The normalized spacial score (nSPS) is 14.3. The summed E-state index contributed by atoms with van der Waals surface area (Å²) >= 11 is 0. The zero-order valence-electron chi connectivity index (χ0n) is 17.0. The standard InChI is InChI=1S/C23H27N5O.HI/c1-2-7-20(8-3-1)19-26-23(25-13-11-21-9-6-18-29-21)28-16-14-27(15-17-28)22-10-4-5-12-24-22;/h1-10,12,18H,11,13-17,19H2,(H,25,26);1H. The van der Waals surface area contributed by atoms with Gasteiger partial charge in [-0.3, -0.25) is 0 Å². The maximum absolute atomic E-state index is 5.45. The maximum atomic E-state index is 5.45. The molecule has 158 valence electrons. The van der Waals surface area contributed by atoms with Gasteiger partial charge in [0.15, 0.2) is 5.96 Å². The number of rotatable bonds is 6. The lowest BCUT2D eigenvalue weighted by atomic mass is 10.2. The van der Waals surface area contributed by atoms with Gasteiger partial charge in [-0.1, -0.05) is 36.4 Å². The predicted molar refractivity (Wildman–Crippen MR) is 131 cm³/mol. The predicted octanol–water partition coefficient (Wildman–Crippen LogP) is 3.80. The molecule has 0 amide bonds. The number of guanidine groups is 1. The Bertz CT molecular complexity index is 878. The number of hydrogen-bond acceptors (Lipinski definition) is 4. The fourth-order valence-corrected chi connectivity index (χ4v) is 3.46. The van der Waals surface area contributed by atoms with Crippen molar-refractivity contribution in [1.82, 2.24) is 15.2 Å². The molecule has 0 radical (unpaired) electrons. The number of nitrogens with zero attached hydrogens (tertiary/aromatic N) is 4. The summed E-state index contributed by atoms with van der Waals surface area (Å²) in [6, 6.07) is 20.4. The third-order valence-electron chi connectivity index (χ3n) is 5.04. The lowest BCUT2D eigenvalue weighted by molar-refractivity contribution is 0.370. The monoisotopic (exact) mass is 517 g/mol. The van der Waals surface area contributed by atoms with Crippen molar-refractivity contribution in [3.05, 3.63) is 84.4 Å². The van der Waals surface area contributed by atoms with Gasteiger partial charge in [0.2, 0.25) is 0 Å². The van der Waals surface area contributed by atoms with Gasteiger partial charge in [-0.15, -0.1) is 24.0 Å². The highest BCUT2D eigenvalue weighted by atomic mass is 127. The van der Waals surface area contributed by atoms with Crippen LogP contribution in [0.1, 0.15) is 11.3 Å². The van der Waals surface area contributed by atoms with Crippen molar-refractivity contribution in [3.63, 3.8) is 0 Å². The first kappa shape index (κ1) is 22.1. The van der Waals surface area contributed by atoms with Crippen LogP contribution in [0.4, 0.5) is 5.82 Å². The minimum absolute atomic E-state index is 0. The van der Waals surface area contributed by atoms with E-state index in [9.17, 15) is 0 Å². The van der Waals surface area contributed by atoms with Crippen LogP contribution in [-0.4, -0.2) is 48.6 Å². The third kappa shape index (κ3) is 6.22. The molecule has 1 aromatic carbocycles. The average molecular weight is 517 g/mol. The molecule has 0 saturated carbocycles. The Kier molecular flexibility index (Phi) is 8.55. The molecule has 2 aromatic heterocycles. The first-order chi connectivity index (χ1) is 14.4. The molecule has 0 atom stereocenters. The molecule has 0 bridgehead atoms. The van der Waals surface area contributed by atoms with E-state index < -0.39 is 0 Å². The molecule has 0 aliphatic carbocycles. The van der Waals surface area contributed by atoms with E-state index in [1.165, 1.54) is 5.56 Å². The highest BCUT2D eigenvalue weighted by Crippen LogP contribution is 2.13. The number of halogens is 1. The fourth-order valence-electron chi connectivity index (χ4n) is 3.46. The van der Waals surface area contributed by atoms with Crippen LogP contribution in [0.3, 0.4) is 0 Å². The number of piperazine rings is 1. The summed E-state index contributed by atoms with van der Waals surface area (Å²) in [4.78, 5) is 14.0. The van der Waals surface area contributed by atoms with E-state index in [1.54, 1.807) is 6.26 Å². The second-order valence-electron chi connectivity index (χ2n) is 7.04. The highest BCUT2D eigenvalue weighted by molar-refractivity contribution is 14.0. The summed E-state index contributed by atoms with van der Waals surface area (Å²) < 4.78 is 5.45. The van der Waals surface area contributed by atoms with Crippen LogP contribution in [0, 0.1) is 0 Å². The Morgan fingerprint density at radius 3 is 2.47 bits per heavy atom. The van der Waals surface area contributed by atoms with Gasteiger partial charge >= 0.3 is 0 Å². The molecule has 3 heterocycles. The van der Waals surface area contributed by atoms with Gasteiger partial charge in [-0.2, -0.15) is 0 Å². The number of aromatic nitrogens is 1. The molecular weight excluding hydrogens is 489 g/mol. The van der Waals surface area contributed by atoms with Gasteiger partial charge in [0.05, 0.1) is 12.8 Å². The number of furan rings is 1. The van der Waals surface area contributed by atoms with Gasteiger partial charge in [0.1, 0.15) is 11.6 Å². The van der Waals surface area contributed by atoms with Crippen molar-refractivity contribution in [2.75, 3.05) is 37.6 Å². The second kappa shape index (κ2) is 11.6. The maximum Gasteiger partial charge on any atom is 0.194 e. The van der Waals surface area contributed by atoms with Crippen molar-refractivity contribution in [3.8, 4) is 0 Å². The van der Waals surface area contributed by atoms with Gasteiger partial charge in [0.25, 0.3) is 0 Å². The van der Waals surface area contributed by atoms with Gasteiger partial charge in [-0.25, -0.2) is 9.98 Å². The molecule has 1 fully saturated rings. The van der Waals surface area contributed by atoms with Gasteiger partial charge in [-0.05, 0) is 29.8 Å². The largest absolute Gasteiger partial charge is 0.469 e. The zero-order valence-corrected chi connectivity index (χ0v) is 19.3. The first-order valence-corrected chi connectivity index (χ1v) is 10.1. The Labute approximate surface area is 195 Å². The number of hydrogen-bond donors (Lipinski definition) is 1. The van der Waals surface area contributed by atoms with Gasteiger partial charge < -0.3 is 19.5 Å². The first-order valence-electron chi connectivity index (χ1n) is 10.1. The summed E-state index contributed by atoms with van der Waals surface area (Å²) in [5.41, 5.74) is 1.21. The van der Waals surface area contributed by atoms with Crippen molar-refractivity contribution >= 4 is 35.8 Å². The molecule has 30 heavy (non-hydrogen) atoms. The second-order valence-corrected chi connectivity index (χ2v) is 7.04. The summed E-state index contributed by atoms with van der Waals surface area (Å²) in [6.45, 7) is 5.16. The summed E-state index contributed by atoms with van der Waals surface area (Å²) in [7, 11) is 0. The van der Waals surface area contributed by atoms with Crippen molar-refractivity contribution in [2.24, 2.45) is 4.99 Å². The Morgan fingerprint density at radius 2 is 1.77 bits per heavy atom. The number of benzene rings is 1. The molecule has 0 spiro atoms. The van der Waals surface area contributed by atoms with Crippen LogP contribution < -0.4 is 10.2 Å². The molecule has 0 unspecified atom stereocenters. The van der Waals surface area contributed by atoms with Crippen LogP contribution in [-0.2, 0) is 13.0 Å². The minimum Gasteiger partial charge on any atom is -0.469 e. The van der Waals surface area contributed by atoms with Crippen LogP contribution in [0.2, 0.25) is 0 Å². The molecule has 1 N–H and O–H groups in total. The molecule has 6 nitrogen and oxygen atoms in total. The van der Waals surface area contributed by atoms with E-state index in [0.717, 1.165) is 56.7 Å². The summed E-state index contributed by atoms with van der Waals surface area (Å²) in [5, 5.41) is 3.53. The molecule has 7 heteroatoms. The smallest absolute Gasteiger partial charge is 0.194 e. The average Bonchev–Trinajstić information content (AvgIpc) is 3.31. The van der Waals surface area contributed by atoms with Crippen LogP contribution in [0.25, 0.3) is 0 Å². The molecule has 1 aliphatic rings. The molecular formula is C23H28IN5O. The quantitative estimate of drug-likeness (QED) is 0.306. The van der Waals surface area contributed by atoms with E-state index in [4.69, 9.17) is 9.41 Å². The summed E-state index contributed by atoms with van der Waals surface area (Å²) in [5.74, 6) is 2.99. The lowest BCUT2D eigenvalue weighted by Gasteiger charge is -2.37. The topological polar surface area (TPSA) is 56.9 Å². The van der Waals surface area contributed by atoms with E-state index in [1.807, 2.05) is 36.5 Å². The van der Waals surface area contributed by atoms with Crippen LogP contribution in [0.15, 0.2) is 82.5 Å². The number of aliphatic imine (C=N–C) groups is 1. The fraction of sp³-hybridized carbons (Fsp3) is 0.304. The van der Waals surface area contributed by atoms with Crippen molar-refractivity contribution in [1.29, 1.82) is 0 Å². The van der Waals surface area contributed by atoms with Crippen molar-refractivity contribution < 1.29 is 4.42 Å².